The Bertz CT molecular complexity index is 558. The Morgan fingerprint density at radius 2 is 2.00 bits per heavy atom. The number of thiazole rings is 1. The summed E-state index contributed by atoms with van der Waals surface area (Å²) in [4.78, 5) is 4.63. The summed E-state index contributed by atoms with van der Waals surface area (Å²) in [6.07, 6.45) is 3.30. The van der Waals surface area contributed by atoms with E-state index >= 15 is 0 Å². The van der Waals surface area contributed by atoms with Crippen LogP contribution in [-0.4, -0.2) is 11.0 Å². The monoisotopic (exact) mass is 312 g/mol. The Balaban J connectivity index is 1.68. The van der Waals surface area contributed by atoms with Crippen molar-refractivity contribution in [1.29, 1.82) is 0 Å². The van der Waals surface area contributed by atoms with Crippen LogP contribution in [-0.2, 0) is 13.0 Å². The maximum atomic E-state index is 6.18. The van der Waals surface area contributed by atoms with Gasteiger partial charge in [0.05, 0.1) is 10.7 Å². The lowest BCUT2D eigenvalue weighted by atomic mass is 10.1. The van der Waals surface area contributed by atoms with Gasteiger partial charge in [0.2, 0.25) is 0 Å². The Labute approximate surface area is 126 Å². The van der Waals surface area contributed by atoms with Gasteiger partial charge in [0.25, 0.3) is 0 Å². The third-order valence-corrected chi connectivity index (χ3v) is 4.74. The van der Waals surface area contributed by atoms with E-state index in [4.69, 9.17) is 23.2 Å². The summed E-state index contributed by atoms with van der Waals surface area (Å²) in [5.74, 6) is 0. The molecule has 5 heteroatoms. The lowest BCUT2D eigenvalue weighted by molar-refractivity contribution is 0.676. The largest absolute Gasteiger partial charge is 0.308 e. The Morgan fingerprint density at radius 1 is 1.26 bits per heavy atom. The van der Waals surface area contributed by atoms with Crippen molar-refractivity contribution in [2.24, 2.45) is 0 Å². The molecule has 1 saturated carbocycles. The van der Waals surface area contributed by atoms with E-state index in [0.29, 0.717) is 22.5 Å². The normalized spacial score (nSPS) is 14.8. The summed E-state index contributed by atoms with van der Waals surface area (Å²) in [6.45, 7) is 0.859. The summed E-state index contributed by atoms with van der Waals surface area (Å²) in [5.41, 5.74) is 2.07. The number of rotatable bonds is 5. The third-order valence-electron chi connectivity index (χ3n) is 3.14. The maximum absolute atomic E-state index is 6.18. The molecule has 0 aliphatic heterocycles. The molecule has 1 N–H and O–H groups in total. The van der Waals surface area contributed by atoms with Gasteiger partial charge in [0.1, 0.15) is 0 Å². The first-order chi connectivity index (χ1) is 9.22. The minimum absolute atomic E-state index is 0.701. The van der Waals surface area contributed by atoms with Gasteiger partial charge in [-0.3, -0.25) is 0 Å². The highest BCUT2D eigenvalue weighted by Crippen LogP contribution is 2.28. The van der Waals surface area contributed by atoms with Crippen molar-refractivity contribution in [2.75, 3.05) is 0 Å². The summed E-state index contributed by atoms with van der Waals surface area (Å²) >= 11 is 14.0. The SMILES string of the molecule is Clc1cccc(Cl)c1Cc1nc(CNC2CC2)cs1. The lowest BCUT2D eigenvalue weighted by Crippen LogP contribution is -2.15. The molecule has 1 heterocycles. The lowest BCUT2D eigenvalue weighted by Gasteiger charge is -2.04. The molecule has 1 aliphatic rings. The molecule has 0 atom stereocenters. The molecule has 0 spiro atoms. The number of nitrogens with zero attached hydrogens (tertiary/aromatic N) is 1. The van der Waals surface area contributed by atoms with Gasteiger partial charge in [-0.1, -0.05) is 29.3 Å². The molecule has 0 amide bonds. The second-order valence-corrected chi connectivity index (χ2v) is 6.52. The summed E-state index contributed by atoms with van der Waals surface area (Å²) in [6, 6.07) is 6.31. The molecule has 19 heavy (non-hydrogen) atoms. The molecule has 0 saturated heterocycles. The summed E-state index contributed by atoms with van der Waals surface area (Å²) < 4.78 is 0. The van der Waals surface area contributed by atoms with Crippen LogP contribution in [0.5, 0.6) is 0 Å². The van der Waals surface area contributed by atoms with Crippen LogP contribution in [0.4, 0.5) is 0 Å². The third kappa shape index (κ3) is 3.48. The van der Waals surface area contributed by atoms with E-state index in [-0.39, 0.29) is 0 Å². The van der Waals surface area contributed by atoms with E-state index < -0.39 is 0 Å². The number of hydrogen-bond acceptors (Lipinski definition) is 3. The fourth-order valence-corrected chi connectivity index (χ4v) is 3.24. The first-order valence-corrected chi connectivity index (χ1v) is 7.95. The highest BCUT2D eigenvalue weighted by molar-refractivity contribution is 7.09. The van der Waals surface area contributed by atoms with Gasteiger partial charge in [-0.05, 0) is 30.5 Å². The Kier molecular flexibility index (Phi) is 4.08. The average molecular weight is 313 g/mol. The summed E-state index contributed by atoms with van der Waals surface area (Å²) in [7, 11) is 0. The fraction of sp³-hybridized carbons (Fsp3) is 0.357. The quantitative estimate of drug-likeness (QED) is 0.890. The number of aromatic nitrogens is 1. The Hall–Kier alpha value is -0.610. The topological polar surface area (TPSA) is 24.9 Å². The smallest absolute Gasteiger partial charge is 0.0973 e. The molecule has 1 aromatic carbocycles. The molecule has 0 bridgehead atoms. The van der Waals surface area contributed by atoms with Crippen LogP contribution in [0, 0.1) is 0 Å². The van der Waals surface area contributed by atoms with Crippen molar-refractivity contribution < 1.29 is 0 Å². The van der Waals surface area contributed by atoms with E-state index in [2.05, 4.69) is 15.7 Å². The van der Waals surface area contributed by atoms with Crippen LogP contribution < -0.4 is 5.32 Å². The fourth-order valence-electron chi connectivity index (χ4n) is 1.90. The van der Waals surface area contributed by atoms with Gasteiger partial charge in [0, 0.05) is 34.4 Å². The van der Waals surface area contributed by atoms with E-state index in [1.165, 1.54) is 12.8 Å². The van der Waals surface area contributed by atoms with Crippen LogP contribution in [0.25, 0.3) is 0 Å². The van der Waals surface area contributed by atoms with Crippen LogP contribution >= 0.6 is 34.5 Å². The van der Waals surface area contributed by atoms with Crippen molar-refractivity contribution in [2.45, 2.75) is 31.8 Å². The molecule has 3 rings (SSSR count). The van der Waals surface area contributed by atoms with Crippen molar-refractivity contribution in [3.05, 3.63) is 49.9 Å². The molecule has 1 aliphatic carbocycles. The molecule has 2 nitrogen and oxygen atoms in total. The molecular formula is C14H14Cl2N2S. The number of hydrogen-bond donors (Lipinski definition) is 1. The van der Waals surface area contributed by atoms with E-state index in [1.807, 2.05) is 18.2 Å². The zero-order valence-corrected chi connectivity index (χ0v) is 12.7. The van der Waals surface area contributed by atoms with E-state index in [1.54, 1.807) is 11.3 Å². The van der Waals surface area contributed by atoms with Gasteiger partial charge >= 0.3 is 0 Å². The van der Waals surface area contributed by atoms with E-state index in [0.717, 1.165) is 22.8 Å². The number of halogens is 2. The van der Waals surface area contributed by atoms with E-state index in [9.17, 15) is 0 Å². The van der Waals surface area contributed by atoms with Gasteiger partial charge in [-0.25, -0.2) is 4.98 Å². The van der Waals surface area contributed by atoms with Crippen LogP contribution in [0.15, 0.2) is 23.6 Å². The maximum Gasteiger partial charge on any atom is 0.0973 e. The molecule has 1 fully saturated rings. The Morgan fingerprint density at radius 3 is 2.68 bits per heavy atom. The van der Waals surface area contributed by atoms with Crippen molar-refractivity contribution >= 4 is 34.5 Å². The minimum Gasteiger partial charge on any atom is -0.308 e. The zero-order valence-electron chi connectivity index (χ0n) is 10.3. The number of nitrogens with one attached hydrogen (secondary N) is 1. The van der Waals surface area contributed by atoms with Gasteiger partial charge in [-0.2, -0.15) is 0 Å². The second-order valence-electron chi connectivity index (χ2n) is 4.76. The minimum atomic E-state index is 0.701. The van der Waals surface area contributed by atoms with Crippen molar-refractivity contribution in [3.63, 3.8) is 0 Å². The van der Waals surface area contributed by atoms with Gasteiger partial charge in [-0.15, -0.1) is 11.3 Å². The van der Waals surface area contributed by atoms with Crippen molar-refractivity contribution in [3.8, 4) is 0 Å². The highest BCUT2D eigenvalue weighted by Gasteiger charge is 2.20. The molecule has 100 valence electrons. The highest BCUT2D eigenvalue weighted by atomic mass is 35.5. The molecule has 1 aromatic heterocycles. The predicted molar refractivity (Wildman–Crippen MR) is 81.2 cm³/mol. The first kappa shape index (κ1) is 13.4. The van der Waals surface area contributed by atoms with Gasteiger partial charge in [0.15, 0.2) is 0 Å². The molecular weight excluding hydrogens is 299 g/mol. The van der Waals surface area contributed by atoms with Crippen LogP contribution in [0.1, 0.15) is 29.1 Å². The van der Waals surface area contributed by atoms with Crippen LogP contribution in [0.3, 0.4) is 0 Å². The first-order valence-electron chi connectivity index (χ1n) is 6.32. The number of benzene rings is 1. The van der Waals surface area contributed by atoms with Gasteiger partial charge < -0.3 is 5.32 Å². The average Bonchev–Trinajstić information content (AvgIpc) is 3.11. The molecule has 0 unspecified atom stereocenters. The van der Waals surface area contributed by atoms with Crippen LogP contribution in [0.2, 0.25) is 10.0 Å². The summed E-state index contributed by atoms with van der Waals surface area (Å²) in [5, 5.41) is 8.05. The molecule has 0 radical (unpaired) electrons. The molecule has 2 aromatic rings. The van der Waals surface area contributed by atoms with Crippen molar-refractivity contribution in [1.82, 2.24) is 10.3 Å². The second kappa shape index (κ2) is 5.80. The zero-order chi connectivity index (χ0) is 13.2. The predicted octanol–water partition coefficient (Wildman–Crippen LogP) is 4.29. The standard InChI is InChI=1S/C14H14Cl2N2S/c15-12-2-1-3-13(16)11(12)6-14-18-10(8-19-14)7-17-9-4-5-9/h1-3,8-9,17H,4-7H2.